The topological polar surface area (TPSA) is 111 Å². The summed E-state index contributed by atoms with van der Waals surface area (Å²) < 4.78 is 7.49. The molecule has 2 aromatic heterocycles. The van der Waals surface area contributed by atoms with Crippen LogP contribution in [0.2, 0.25) is 5.02 Å². The van der Waals surface area contributed by atoms with Gasteiger partial charge >= 0.3 is 0 Å². The van der Waals surface area contributed by atoms with Gasteiger partial charge in [-0.05, 0) is 56.2 Å². The molecule has 4 rings (SSSR count). The summed E-state index contributed by atoms with van der Waals surface area (Å²) in [4.78, 5) is 13.0. The lowest BCUT2D eigenvalue weighted by Crippen LogP contribution is -2.26. The Hall–Kier alpha value is -3.72. The summed E-state index contributed by atoms with van der Waals surface area (Å²) in [7, 11) is 0. The van der Waals surface area contributed by atoms with E-state index in [0.717, 1.165) is 34.7 Å². The maximum atomic E-state index is 13.0. The van der Waals surface area contributed by atoms with Crippen molar-refractivity contribution in [3.8, 4) is 22.7 Å². The van der Waals surface area contributed by atoms with Crippen molar-refractivity contribution in [1.29, 1.82) is 0 Å². The second-order valence-electron chi connectivity index (χ2n) is 7.77. The molecule has 0 radical (unpaired) electrons. The fourth-order valence-corrected chi connectivity index (χ4v) is 3.70. The van der Waals surface area contributed by atoms with E-state index in [0.29, 0.717) is 42.5 Å². The first-order valence-corrected chi connectivity index (χ1v) is 11.5. The van der Waals surface area contributed by atoms with Crippen LogP contribution < -0.4 is 10.1 Å². The zero-order valence-corrected chi connectivity index (χ0v) is 19.8. The molecule has 0 saturated carbocycles. The number of nitrogens with one attached hydrogen (secondary N) is 2. The molecule has 0 aliphatic heterocycles. The molecule has 2 aromatic carbocycles. The number of tetrazole rings is 1. The molecule has 0 aliphatic rings. The average molecular weight is 480 g/mol. The van der Waals surface area contributed by atoms with Gasteiger partial charge in [0.2, 0.25) is 0 Å². The van der Waals surface area contributed by atoms with Crippen LogP contribution >= 0.6 is 11.6 Å². The Labute approximate surface area is 202 Å². The SMILES string of the molecule is CCCOc1ccc(-n2nc(C(=O)NCCCc3nn[nH]n3)c(C)c2-c2ccc(Cl)cc2)cc1. The maximum Gasteiger partial charge on any atom is 0.272 e. The molecular weight excluding hydrogens is 454 g/mol. The van der Waals surface area contributed by atoms with Gasteiger partial charge in [-0.1, -0.05) is 35.9 Å². The Morgan fingerprint density at radius 1 is 1.15 bits per heavy atom. The number of aryl methyl sites for hydroxylation is 1. The molecule has 1 amide bonds. The van der Waals surface area contributed by atoms with Gasteiger partial charge in [0.25, 0.3) is 5.91 Å². The highest BCUT2D eigenvalue weighted by Gasteiger charge is 2.22. The Bertz CT molecular complexity index is 1220. The Kier molecular flexibility index (Phi) is 7.54. The highest BCUT2D eigenvalue weighted by Crippen LogP contribution is 2.30. The monoisotopic (exact) mass is 479 g/mol. The Balaban J connectivity index is 1.60. The standard InChI is InChI=1S/C24H26ClN7O2/c1-3-15-34-20-12-10-19(11-13-20)32-23(17-6-8-18(25)9-7-17)16(2)22(29-32)24(33)26-14-4-5-21-27-30-31-28-21/h6-13H,3-5,14-15H2,1-2H3,(H,26,33)(H,27,28,30,31). The second-order valence-corrected chi connectivity index (χ2v) is 8.21. The fraction of sp³-hybridized carbons (Fsp3) is 0.292. The number of H-pyrrole nitrogens is 1. The molecule has 0 saturated heterocycles. The Morgan fingerprint density at radius 2 is 1.91 bits per heavy atom. The number of hydrogen-bond acceptors (Lipinski definition) is 6. The average Bonchev–Trinajstić information content (AvgIpc) is 3.49. The van der Waals surface area contributed by atoms with E-state index in [1.807, 2.05) is 55.5 Å². The van der Waals surface area contributed by atoms with E-state index in [4.69, 9.17) is 21.4 Å². The van der Waals surface area contributed by atoms with Gasteiger partial charge in [-0.25, -0.2) is 4.68 Å². The predicted molar refractivity (Wildman–Crippen MR) is 129 cm³/mol. The minimum Gasteiger partial charge on any atom is -0.494 e. The van der Waals surface area contributed by atoms with Gasteiger partial charge < -0.3 is 10.1 Å². The van der Waals surface area contributed by atoms with Gasteiger partial charge in [0.05, 0.1) is 18.0 Å². The van der Waals surface area contributed by atoms with Crippen LogP contribution in [0.3, 0.4) is 0 Å². The number of amides is 1. The molecular formula is C24H26ClN7O2. The van der Waals surface area contributed by atoms with E-state index in [1.165, 1.54) is 0 Å². The van der Waals surface area contributed by atoms with Crippen molar-refractivity contribution in [3.05, 3.63) is 70.6 Å². The number of benzene rings is 2. The molecule has 0 bridgehead atoms. The summed E-state index contributed by atoms with van der Waals surface area (Å²) in [5.41, 5.74) is 3.72. The first kappa shape index (κ1) is 23.4. The quantitative estimate of drug-likeness (QED) is 0.330. The number of ether oxygens (including phenoxy) is 1. The minimum atomic E-state index is -0.234. The smallest absolute Gasteiger partial charge is 0.272 e. The molecule has 4 aromatic rings. The van der Waals surface area contributed by atoms with Crippen LogP contribution in [0.1, 0.15) is 41.6 Å². The van der Waals surface area contributed by atoms with Gasteiger partial charge in [-0.3, -0.25) is 4.79 Å². The number of carbonyl (C=O) groups is 1. The van der Waals surface area contributed by atoms with Gasteiger partial charge in [0.1, 0.15) is 5.75 Å². The van der Waals surface area contributed by atoms with E-state index >= 15 is 0 Å². The van der Waals surface area contributed by atoms with Gasteiger partial charge in [0, 0.05) is 29.1 Å². The lowest BCUT2D eigenvalue weighted by atomic mass is 10.1. The molecule has 0 unspecified atom stereocenters. The van der Waals surface area contributed by atoms with Crippen LogP contribution in [0, 0.1) is 6.92 Å². The van der Waals surface area contributed by atoms with Crippen molar-refractivity contribution in [3.63, 3.8) is 0 Å². The van der Waals surface area contributed by atoms with Crippen LogP contribution in [0.15, 0.2) is 48.5 Å². The largest absolute Gasteiger partial charge is 0.494 e. The van der Waals surface area contributed by atoms with Crippen LogP contribution in [-0.2, 0) is 6.42 Å². The number of hydrogen-bond donors (Lipinski definition) is 2. The molecule has 0 atom stereocenters. The van der Waals surface area contributed by atoms with Gasteiger partial charge in [0.15, 0.2) is 11.5 Å². The summed E-state index contributed by atoms with van der Waals surface area (Å²) in [6.45, 7) is 5.10. The zero-order chi connectivity index (χ0) is 23.9. The van der Waals surface area contributed by atoms with Crippen molar-refractivity contribution in [2.24, 2.45) is 0 Å². The first-order valence-electron chi connectivity index (χ1n) is 11.2. The first-order chi connectivity index (χ1) is 16.6. The van der Waals surface area contributed by atoms with Crippen LogP contribution in [-0.4, -0.2) is 49.5 Å². The number of aromatic nitrogens is 6. The van der Waals surface area contributed by atoms with Gasteiger partial charge in [-0.15, -0.1) is 10.2 Å². The molecule has 9 nitrogen and oxygen atoms in total. The summed E-state index contributed by atoms with van der Waals surface area (Å²) in [5, 5.41) is 22.1. The van der Waals surface area contributed by atoms with Gasteiger partial charge in [-0.2, -0.15) is 10.3 Å². The highest BCUT2D eigenvalue weighted by molar-refractivity contribution is 6.30. The van der Waals surface area contributed by atoms with E-state index in [2.05, 4.69) is 32.9 Å². The molecule has 10 heteroatoms. The van der Waals surface area contributed by atoms with E-state index in [9.17, 15) is 4.79 Å². The maximum absolute atomic E-state index is 13.0. The summed E-state index contributed by atoms with van der Waals surface area (Å²) in [6, 6.07) is 15.2. The zero-order valence-electron chi connectivity index (χ0n) is 19.1. The van der Waals surface area contributed by atoms with Crippen molar-refractivity contribution >= 4 is 17.5 Å². The highest BCUT2D eigenvalue weighted by atomic mass is 35.5. The summed E-state index contributed by atoms with van der Waals surface area (Å²) >= 11 is 6.10. The third-order valence-electron chi connectivity index (χ3n) is 5.26. The van der Waals surface area contributed by atoms with Crippen molar-refractivity contribution in [2.75, 3.05) is 13.2 Å². The lowest BCUT2D eigenvalue weighted by molar-refractivity contribution is 0.0947. The molecule has 0 spiro atoms. The Morgan fingerprint density at radius 3 is 2.59 bits per heavy atom. The van der Waals surface area contributed by atoms with Crippen LogP contribution in [0.25, 0.3) is 16.9 Å². The predicted octanol–water partition coefficient (Wildman–Crippen LogP) is 4.17. The normalized spacial score (nSPS) is 10.9. The molecule has 34 heavy (non-hydrogen) atoms. The number of nitrogens with zero attached hydrogens (tertiary/aromatic N) is 5. The number of rotatable bonds is 10. The van der Waals surface area contributed by atoms with Crippen molar-refractivity contribution < 1.29 is 9.53 Å². The third-order valence-corrected chi connectivity index (χ3v) is 5.51. The van der Waals surface area contributed by atoms with Crippen molar-refractivity contribution in [2.45, 2.75) is 33.1 Å². The lowest BCUT2D eigenvalue weighted by Gasteiger charge is -2.10. The summed E-state index contributed by atoms with van der Waals surface area (Å²) in [6.07, 6.45) is 2.25. The number of aromatic amines is 1. The van der Waals surface area contributed by atoms with Crippen LogP contribution in [0.4, 0.5) is 0 Å². The molecule has 176 valence electrons. The van der Waals surface area contributed by atoms with Crippen molar-refractivity contribution in [1.82, 2.24) is 35.7 Å². The molecule has 2 N–H and O–H groups in total. The second kappa shape index (κ2) is 10.9. The number of halogens is 1. The third kappa shape index (κ3) is 5.43. The van der Waals surface area contributed by atoms with E-state index in [-0.39, 0.29) is 5.91 Å². The van der Waals surface area contributed by atoms with E-state index in [1.54, 1.807) is 4.68 Å². The summed E-state index contributed by atoms with van der Waals surface area (Å²) in [5.74, 6) is 1.18. The molecule has 2 heterocycles. The molecule has 0 aliphatic carbocycles. The minimum absolute atomic E-state index is 0.234. The van der Waals surface area contributed by atoms with E-state index < -0.39 is 0 Å². The number of carbonyl (C=O) groups excluding carboxylic acids is 1. The molecule has 0 fully saturated rings. The fourth-order valence-electron chi connectivity index (χ4n) is 3.57. The van der Waals surface area contributed by atoms with Crippen LogP contribution in [0.5, 0.6) is 5.75 Å².